The molecule has 1 spiro atoms. The minimum Gasteiger partial charge on any atom is -0.376 e. The lowest BCUT2D eigenvalue weighted by molar-refractivity contribution is -0.142. The maximum atomic E-state index is 12.6. The zero-order valence-electron chi connectivity index (χ0n) is 25.3. The predicted octanol–water partition coefficient (Wildman–Crippen LogP) is 3.00. The number of benzene rings is 1. The molecule has 9 heteroatoms. The van der Waals surface area contributed by atoms with Crippen molar-refractivity contribution in [1.29, 1.82) is 5.26 Å². The summed E-state index contributed by atoms with van der Waals surface area (Å²) in [5.74, 6) is 0.305. The summed E-state index contributed by atoms with van der Waals surface area (Å²) in [7, 11) is 4.07. The lowest BCUT2D eigenvalue weighted by Crippen LogP contribution is -2.72. The second-order valence-electron chi connectivity index (χ2n) is 13.2. The summed E-state index contributed by atoms with van der Waals surface area (Å²) in [6.45, 7) is 7.56. The number of hydrogen-bond acceptors (Lipinski definition) is 8. The third-order valence-electron chi connectivity index (χ3n) is 11.1. The molecule has 0 bridgehead atoms. The topological polar surface area (TPSA) is 93.1 Å². The van der Waals surface area contributed by atoms with Crippen molar-refractivity contribution in [2.45, 2.75) is 88.1 Å². The zero-order valence-corrected chi connectivity index (χ0v) is 25.3. The lowest BCUT2D eigenvalue weighted by atomic mass is 9.58. The molecule has 1 amide bonds. The summed E-state index contributed by atoms with van der Waals surface area (Å²) < 4.78 is 12.9. The largest absolute Gasteiger partial charge is 0.376 e. The smallest absolute Gasteiger partial charge is 0.246 e. The number of piperazine rings is 1. The van der Waals surface area contributed by atoms with E-state index in [4.69, 9.17) is 9.47 Å². The van der Waals surface area contributed by atoms with E-state index in [2.05, 4.69) is 64.4 Å². The molecule has 1 aromatic rings. The van der Waals surface area contributed by atoms with Crippen LogP contribution in [0.4, 0.5) is 0 Å². The molecule has 228 valence electrons. The van der Waals surface area contributed by atoms with Crippen molar-refractivity contribution in [2.75, 3.05) is 46.9 Å². The highest BCUT2D eigenvalue weighted by atomic mass is 16.5. The molecular weight excluding hydrogens is 528 g/mol. The van der Waals surface area contributed by atoms with Gasteiger partial charge in [0, 0.05) is 50.2 Å². The van der Waals surface area contributed by atoms with E-state index in [1.54, 1.807) is 0 Å². The molecular formula is C33H48N6O3. The van der Waals surface area contributed by atoms with Crippen molar-refractivity contribution in [2.24, 2.45) is 11.3 Å². The van der Waals surface area contributed by atoms with Gasteiger partial charge in [0.2, 0.25) is 5.91 Å². The van der Waals surface area contributed by atoms with Crippen LogP contribution in [0.15, 0.2) is 36.9 Å². The number of methoxy groups -OCH3 is 1. The van der Waals surface area contributed by atoms with Crippen LogP contribution in [0.25, 0.3) is 0 Å². The van der Waals surface area contributed by atoms with Gasteiger partial charge in [0.15, 0.2) is 6.35 Å². The van der Waals surface area contributed by atoms with E-state index < -0.39 is 0 Å². The second-order valence-corrected chi connectivity index (χ2v) is 13.2. The van der Waals surface area contributed by atoms with Gasteiger partial charge in [0.05, 0.1) is 37.4 Å². The maximum Gasteiger partial charge on any atom is 0.246 e. The van der Waals surface area contributed by atoms with Crippen molar-refractivity contribution in [1.82, 2.24) is 25.3 Å². The molecule has 1 aromatic carbocycles. The minimum absolute atomic E-state index is 0.0873. The number of hydrogen-bond donors (Lipinski definition) is 2. The number of nitrogens with one attached hydrogen (secondary N) is 2. The normalized spacial score (nSPS) is 37.2. The molecule has 1 saturated carbocycles. The number of nitriles is 1. The highest BCUT2D eigenvalue weighted by Gasteiger charge is 2.53. The molecule has 0 aromatic heterocycles. The van der Waals surface area contributed by atoms with E-state index in [9.17, 15) is 10.1 Å². The van der Waals surface area contributed by atoms with Gasteiger partial charge in [0.1, 0.15) is 0 Å². The Hall–Kier alpha value is -2.32. The third kappa shape index (κ3) is 5.66. The van der Waals surface area contributed by atoms with Crippen LogP contribution >= 0.6 is 0 Å². The first-order valence-electron chi connectivity index (χ1n) is 15.9. The molecule has 2 N–H and O–H groups in total. The summed E-state index contributed by atoms with van der Waals surface area (Å²) in [6, 6.07) is 11.7. The number of likely N-dealkylation sites (N-methyl/N-ethyl adjacent to an activating group) is 1. The van der Waals surface area contributed by atoms with E-state index in [1.165, 1.54) is 30.0 Å². The fourth-order valence-electron chi connectivity index (χ4n) is 8.82. The Kier molecular flexibility index (Phi) is 9.01. The predicted molar refractivity (Wildman–Crippen MR) is 161 cm³/mol. The summed E-state index contributed by atoms with van der Waals surface area (Å²) in [4.78, 5) is 19.3. The Morgan fingerprint density at radius 3 is 2.81 bits per heavy atom. The fourth-order valence-corrected chi connectivity index (χ4v) is 8.82. The molecule has 3 saturated heterocycles. The van der Waals surface area contributed by atoms with E-state index in [-0.39, 0.29) is 42.0 Å². The van der Waals surface area contributed by atoms with Crippen molar-refractivity contribution in [3.63, 3.8) is 0 Å². The van der Waals surface area contributed by atoms with Gasteiger partial charge < -0.3 is 19.3 Å². The van der Waals surface area contributed by atoms with E-state index >= 15 is 0 Å². The third-order valence-corrected chi connectivity index (χ3v) is 11.1. The number of fused-ring (bicyclic) bond motifs is 2. The van der Waals surface area contributed by atoms with Crippen molar-refractivity contribution in [3.8, 4) is 6.07 Å². The first kappa shape index (κ1) is 29.7. The molecule has 8 atom stereocenters. The van der Waals surface area contributed by atoms with Crippen LogP contribution in [-0.2, 0) is 20.7 Å². The number of amides is 1. The number of carbonyl (C=O) groups is 1. The summed E-state index contributed by atoms with van der Waals surface area (Å²) in [6.07, 6.45) is 9.53. The van der Waals surface area contributed by atoms with Gasteiger partial charge in [-0.25, -0.2) is 0 Å². The highest BCUT2D eigenvalue weighted by Crippen LogP contribution is 2.56. The monoisotopic (exact) mass is 576 g/mol. The van der Waals surface area contributed by atoms with Gasteiger partial charge >= 0.3 is 0 Å². The van der Waals surface area contributed by atoms with Gasteiger partial charge in [-0.1, -0.05) is 30.8 Å². The Balaban J connectivity index is 1.24. The molecule has 2 aliphatic carbocycles. The van der Waals surface area contributed by atoms with Crippen LogP contribution in [0.1, 0.15) is 62.2 Å². The quantitative estimate of drug-likeness (QED) is 0.479. The Morgan fingerprint density at radius 1 is 1.19 bits per heavy atom. The molecule has 4 fully saturated rings. The number of likely N-dealkylation sites (tertiary alicyclic amines) is 1. The standard InChI is InChI=1S/C33H48N6O3/c1-4-29(40)39-19-18-38(21-24(39)13-16-34)31-27-12-15-33(14-11-23-8-5-6-10-26(23)30(33)41-3)20-28(27)35-32(36-31)42-22-25-9-7-17-37(25)2/h4-6,8,10,24-25,27-28,30-32,35-36H,1,7,9,11-15,17-22H2,2-3H3/t24?,25?,27?,28?,30?,31?,32?,33-/m0/s1. The number of aryl methyl sites for hydroxylation is 1. The van der Waals surface area contributed by atoms with Crippen molar-refractivity contribution < 1.29 is 14.3 Å². The Morgan fingerprint density at radius 2 is 2.05 bits per heavy atom. The molecule has 3 heterocycles. The molecule has 6 rings (SSSR count). The maximum absolute atomic E-state index is 12.6. The molecule has 5 aliphatic rings. The van der Waals surface area contributed by atoms with Crippen molar-refractivity contribution >= 4 is 5.91 Å². The fraction of sp³-hybridized carbons (Fsp3) is 0.697. The van der Waals surface area contributed by atoms with Crippen LogP contribution < -0.4 is 10.6 Å². The molecule has 42 heavy (non-hydrogen) atoms. The molecule has 7 unspecified atom stereocenters. The Bertz CT molecular complexity index is 1170. The van der Waals surface area contributed by atoms with Gasteiger partial charge in [-0.15, -0.1) is 0 Å². The van der Waals surface area contributed by atoms with Gasteiger partial charge in [-0.2, -0.15) is 5.26 Å². The number of ether oxygens (including phenoxy) is 2. The molecule has 3 aliphatic heterocycles. The van der Waals surface area contributed by atoms with E-state index in [1.807, 2.05) is 12.0 Å². The first-order chi connectivity index (χ1) is 20.5. The Labute approximate surface area is 251 Å². The van der Waals surface area contributed by atoms with Crippen LogP contribution in [0.5, 0.6) is 0 Å². The van der Waals surface area contributed by atoms with Crippen LogP contribution in [0.2, 0.25) is 0 Å². The second kappa shape index (κ2) is 12.7. The minimum atomic E-state index is -0.250. The zero-order chi connectivity index (χ0) is 29.3. The van der Waals surface area contributed by atoms with Gasteiger partial charge in [-0.3, -0.25) is 20.3 Å². The van der Waals surface area contributed by atoms with Crippen LogP contribution in [-0.4, -0.2) is 98.2 Å². The van der Waals surface area contributed by atoms with Gasteiger partial charge in [0.25, 0.3) is 0 Å². The highest BCUT2D eigenvalue weighted by molar-refractivity contribution is 5.87. The number of nitrogens with zero attached hydrogens (tertiary/aromatic N) is 4. The van der Waals surface area contributed by atoms with E-state index in [0.717, 1.165) is 45.2 Å². The number of carbonyl (C=O) groups excluding carboxylic acids is 1. The molecule has 9 nitrogen and oxygen atoms in total. The van der Waals surface area contributed by atoms with Crippen LogP contribution in [0.3, 0.4) is 0 Å². The lowest BCUT2D eigenvalue weighted by Gasteiger charge is -2.57. The average Bonchev–Trinajstić information content (AvgIpc) is 3.43. The van der Waals surface area contributed by atoms with Gasteiger partial charge in [-0.05, 0) is 75.7 Å². The van der Waals surface area contributed by atoms with E-state index in [0.29, 0.717) is 38.1 Å². The van der Waals surface area contributed by atoms with Crippen molar-refractivity contribution in [3.05, 3.63) is 48.0 Å². The van der Waals surface area contributed by atoms with Crippen LogP contribution in [0, 0.1) is 22.7 Å². The molecule has 0 radical (unpaired) electrons. The average molecular weight is 577 g/mol. The first-order valence-corrected chi connectivity index (χ1v) is 15.9. The SMILES string of the molecule is C=CC(=O)N1CCN(C2NC(OCC3CCCN3C)NC3C[C@]4(CCc5ccccc5C4OC)CCC32)CC1CC#N. The number of rotatable bonds is 7. The summed E-state index contributed by atoms with van der Waals surface area (Å²) >= 11 is 0. The summed E-state index contributed by atoms with van der Waals surface area (Å²) in [5, 5.41) is 17.3. The summed E-state index contributed by atoms with van der Waals surface area (Å²) in [5.41, 5.74) is 2.87.